The number of rotatable bonds is 10. The van der Waals surface area contributed by atoms with E-state index >= 15 is 0 Å². The van der Waals surface area contributed by atoms with E-state index in [-0.39, 0.29) is 0 Å². The molecule has 1 fully saturated rings. The van der Waals surface area contributed by atoms with E-state index < -0.39 is 0 Å². The number of ether oxygens (including phenoxy) is 1. The van der Waals surface area contributed by atoms with Crippen LogP contribution in [0.15, 0.2) is 0 Å². The second-order valence-corrected chi connectivity index (χ2v) is 5.88. The fourth-order valence-corrected chi connectivity index (χ4v) is 3.05. The van der Waals surface area contributed by atoms with Crippen molar-refractivity contribution >= 4 is 0 Å². The van der Waals surface area contributed by atoms with E-state index in [1.807, 2.05) is 7.11 Å². The first-order valence-electron chi connectivity index (χ1n) is 8.23. The molecule has 114 valence electrons. The van der Waals surface area contributed by atoms with Crippen LogP contribution in [0.1, 0.15) is 46.0 Å². The highest BCUT2D eigenvalue weighted by Gasteiger charge is 2.15. The van der Waals surface area contributed by atoms with Gasteiger partial charge in [-0.05, 0) is 38.3 Å². The van der Waals surface area contributed by atoms with Gasteiger partial charge in [-0.15, -0.1) is 0 Å². The van der Waals surface area contributed by atoms with Gasteiger partial charge in [-0.1, -0.05) is 26.7 Å². The van der Waals surface area contributed by atoms with E-state index in [0.29, 0.717) is 0 Å². The number of unbranched alkanes of at least 4 members (excludes halogenated alkanes) is 1. The van der Waals surface area contributed by atoms with E-state index in [2.05, 4.69) is 23.6 Å². The molecule has 0 aromatic heterocycles. The Kier molecular flexibility index (Phi) is 9.48. The smallest absolute Gasteiger partial charge is 0.0490 e. The number of piperazine rings is 1. The molecule has 0 N–H and O–H groups in total. The predicted octanol–water partition coefficient (Wildman–Crippen LogP) is 2.86. The standard InChI is InChI=1S/C16H34N2O/c1-4-8-16(15-19-3)9-6-7-10-18-13-11-17(5-2)12-14-18/h16H,4-15H2,1-3H3/t16-/m0/s1. The fourth-order valence-electron chi connectivity index (χ4n) is 3.05. The predicted molar refractivity (Wildman–Crippen MR) is 82.7 cm³/mol. The van der Waals surface area contributed by atoms with E-state index in [1.165, 1.54) is 71.4 Å². The summed E-state index contributed by atoms with van der Waals surface area (Å²) in [5, 5.41) is 0. The molecule has 19 heavy (non-hydrogen) atoms. The van der Waals surface area contributed by atoms with Crippen LogP contribution in [0.4, 0.5) is 0 Å². The molecule has 0 spiro atoms. The normalized spacial score (nSPS) is 19.7. The SMILES string of the molecule is CCC[C@@H](CCCCN1CCN(CC)CC1)COC. The van der Waals surface area contributed by atoms with Crippen molar-refractivity contribution in [3.8, 4) is 0 Å². The van der Waals surface area contributed by atoms with E-state index in [9.17, 15) is 0 Å². The molecule has 1 rings (SSSR count). The second-order valence-electron chi connectivity index (χ2n) is 5.88. The molecule has 0 aliphatic carbocycles. The van der Waals surface area contributed by atoms with Crippen molar-refractivity contribution in [2.45, 2.75) is 46.0 Å². The molecule has 0 saturated carbocycles. The Balaban J connectivity index is 2.03. The van der Waals surface area contributed by atoms with Gasteiger partial charge in [-0.25, -0.2) is 0 Å². The molecule has 1 aliphatic rings. The van der Waals surface area contributed by atoms with Crippen LogP contribution in [0.25, 0.3) is 0 Å². The molecule has 0 amide bonds. The van der Waals surface area contributed by atoms with E-state index in [4.69, 9.17) is 4.74 Å². The van der Waals surface area contributed by atoms with Crippen LogP contribution in [-0.2, 0) is 4.74 Å². The van der Waals surface area contributed by atoms with Crippen LogP contribution in [0.2, 0.25) is 0 Å². The minimum atomic E-state index is 0.784. The Labute approximate surface area is 120 Å². The summed E-state index contributed by atoms with van der Waals surface area (Å²) < 4.78 is 5.31. The quantitative estimate of drug-likeness (QED) is 0.568. The molecule has 1 atom stereocenters. The molecular weight excluding hydrogens is 236 g/mol. The Morgan fingerprint density at radius 1 is 0.947 bits per heavy atom. The lowest BCUT2D eigenvalue weighted by Crippen LogP contribution is -2.46. The van der Waals surface area contributed by atoms with Crippen LogP contribution in [0.3, 0.4) is 0 Å². The third-order valence-corrected chi connectivity index (χ3v) is 4.35. The Morgan fingerprint density at radius 3 is 2.21 bits per heavy atom. The van der Waals surface area contributed by atoms with Gasteiger partial charge in [0.25, 0.3) is 0 Å². The Morgan fingerprint density at radius 2 is 1.63 bits per heavy atom. The summed E-state index contributed by atoms with van der Waals surface area (Å²) in [6, 6.07) is 0. The van der Waals surface area contributed by atoms with E-state index in [0.717, 1.165) is 12.5 Å². The van der Waals surface area contributed by atoms with Gasteiger partial charge in [0.05, 0.1) is 0 Å². The highest BCUT2D eigenvalue weighted by atomic mass is 16.5. The maximum atomic E-state index is 5.31. The summed E-state index contributed by atoms with van der Waals surface area (Å²) in [4.78, 5) is 5.18. The zero-order chi connectivity index (χ0) is 13.9. The topological polar surface area (TPSA) is 15.7 Å². The number of hydrogen-bond donors (Lipinski definition) is 0. The first-order valence-corrected chi connectivity index (χ1v) is 8.23. The molecule has 1 saturated heterocycles. The van der Waals surface area contributed by atoms with Crippen LogP contribution < -0.4 is 0 Å². The van der Waals surface area contributed by atoms with Gasteiger partial charge in [0.15, 0.2) is 0 Å². The minimum Gasteiger partial charge on any atom is -0.384 e. The van der Waals surface area contributed by atoms with Crippen LogP contribution in [0.5, 0.6) is 0 Å². The fraction of sp³-hybridized carbons (Fsp3) is 1.00. The van der Waals surface area contributed by atoms with Gasteiger partial charge in [0.1, 0.15) is 0 Å². The maximum absolute atomic E-state index is 5.31. The van der Waals surface area contributed by atoms with Gasteiger partial charge >= 0.3 is 0 Å². The molecular formula is C16H34N2O. The zero-order valence-electron chi connectivity index (χ0n) is 13.4. The van der Waals surface area contributed by atoms with Crippen molar-refractivity contribution in [1.82, 2.24) is 9.80 Å². The molecule has 0 aromatic carbocycles. The van der Waals surface area contributed by atoms with E-state index in [1.54, 1.807) is 0 Å². The van der Waals surface area contributed by atoms with Crippen LogP contribution in [-0.4, -0.2) is 62.8 Å². The van der Waals surface area contributed by atoms with Crippen LogP contribution in [0, 0.1) is 5.92 Å². The highest BCUT2D eigenvalue weighted by molar-refractivity contribution is 4.71. The van der Waals surface area contributed by atoms with Crippen molar-refractivity contribution in [2.24, 2.45) is 5.92 Å². The second kappa shape index (κ2) is 10.6. The molecule has 0 unspecified atom stereocenters. The summed E-state index contributed by atoms with van der Waals surface area (Å²) in [5.41, 5.74) is 0. The van der Waals surface area contributed by atoms with Crippen molar-refractivity contribution < 1.29 is 4.74 Å². The van der Waals surface area contributed by atoms with Crippen LogP contribution >= 0.6 is 0 Å². The largest absolute Gasteiger partial charge is 0.384 e. The average Bonchev–Trinajstić information content (AvgIpc) is 2.44. The highest BCUT2D eigenvalue weighted by Crippen LogP contribution is 2.15. The van der Waals surface area contributed by atoms with Crippen molar-refractivity contribution in [1.29, 1.82) is 0 Å². The molecule has 1 heterocycles. The Hall–Kier alpha value is -0.120. The maximum Gasteiger partial charge on any atom is 0.0490 e. The van der Waals surface area contributed by atoms with Gasteiger partial charge < -0.3 is 14.5 Å². The summed E-state index contributed by atoms with van der Waals surface area (Å²) in [5.74, 6) is 0.784. The van der Waals surface area contributed by atoms with Gasteiger partial charge in [-0.2, -0.15) is 0 Å². The van der Waals surface area contributed by atoms with Crippen molar-refractivity contribution in [2.75, 3.05) is 53.0 Å². The van der Waals surface area contributed by atoms with Gasteiger partial charge in [-0.3, -0.25) is 0 Å². The Bertz CT molecular complexity index is 197. The monoisotopic (exact) mass is 270 g/mol. The minimum absolute atomic E-state index is 0.784. The van der Waals surface area contributed by atoms with Gasteiger partial charge in [0.2, 0.25) is 0 Å². The summed E-state index contributed by atoms with van der Waals surface area (Å²) >= 11 is 0. The first kappa shape index (κ1) is 16.9. The molecule has 3 nitrogen and oxygen atoms in total. The number of methoxy groups -OCH3 is 1. The van der Waals surface area contributed by atoms with Gasteiger partial charge in [0, 0.05) is 39.9 Å². The number of likely N-dealkylation sites (N-methyl/N-ethyl adjacent to an activating group) is 1. The summed E-state index contributed by atoms with van der Waals surface area (Å²) in [7, 11) is 1.83. The third-order valence-electron chi connectivity index (χ3n) is 4.35. The lowest BCUT2D eigenvalue weighted by Gasteiger charge is -2.34. The molecule has 0 aromatic rings. The number of nitrogens with zero attached hydrogens (tertiary/aromatic N) is 2. The van der Waals surface area contributed by atoms with Crippen molar-refractivity contribution in [3.05, 3.63) is 0 Å². The number of hydrogen-bond acceptors (Lipinski definition) is 3. The average molecular weight is 270 g/mol. The zero-order valence-corrected chi connectivity index (χ0v) is 13.4. The third kappa shape index (κ3) is 7.28. The lowest BCUT2D eigenvalue weighted by atomic mass is 9.98. The first-order chi connectivity index (χ1) is 9.30. The van der Waals surface area contributed by atoms with Crippen molar-refractivity contribution in [3.63, 3.8) is 0 Å². The molecule has 3 heteroatoms. The summed E-state index contributed by atoms with van der Waals surface area (Å²) in [6.07, 6.45) is 6.67. The lowest BCUT2D eigenvalue weighted by molar-refractivity contribution is 0.128. The molecule has 0 bridgehead atoms. The molecule has 1 aliphatic heterocycles. The molecule has 0 radical (unpaired) electrons. The summed E-state index contributed by atoms with van der Waals surface area (Å²) in [6.45, 7) is 13.1.